The lowest BCUT2D eigenvalue weighted by atomic mass is 10.0. The van der Waals surface area contributed by atoms with Gasteiger partial charge in [-0.2, -0.15) is 0 Å². The van der Waals surface area contributed by atoms with E-state index < -0.39 is 0 Å². The van der Waals surface area contributed by atoms with Crippen LogP contribution in [0.25, 0.3) is 5.57 Å². The van der Waals surface area contributed by atoms with Crippen LogP contribution in [0.2, 0.25) is 0 Å². The molecule has 1 aliphatic rings. The Morgan fingerprint density at radius 2 is 1.46 bits per heavy atom. The Balaban J connectivity index is 2.02. The summed E-state index contributed by atoms with van der Waals surface area (Å²) in [5.41, 5.74) is 4.41. The van der Waals surface area contributed by atoms with E-state index in [4.69, 9.17) is 4.74 Å². The van der Waals surface area contributed by atoms with E-state index in [-0.39, 0.29) is 18.4 Å². The van der Waals surface area contributed by atoms with Crippen LogP contribution in [-0.4, -0.2) is 37.0 Å². The molecule has 5 heteroatoms. The van der Waals surface area contributed by atoms with Crippen LogP contribution in [0.3, 0.4) is 0 Å². The molecule has 0 atom stereocenters. The van der Waals surface area contributed by atoms with E-state index in [0.717, 1.165) is 22.4 Å². The largest absolute Gasteiger partial charge is 0.383 e. The number of rotatable bonds is 6. The molecule has 0 saturated heterocycles. The van der Waals surface area contributed by atoms with E-state index in [9.17, 15) is 9.59 Å². The molecule has 3 rings (SSSR count). The predicted molar refractivity (Wildman–Crippen MR) is 101 cm³/mol. The first kappa shape index (κ1) is 17.9. The third-order valence-electron chi connectivity index (χ3n) is 4.35. The highest BCUT2D eigenvalue weighted by atomic mass is 16.5. The van der Waals surface area contributed by atoms with Crippen molar-refractivity contribution in [2.45, 2.75) is 13.8 Å². The van der Waals surface area contributed by atoms with Gasteiger partial charge in [0.25, 0.3) is 11.8 Å². The number of nitrogens with one attached hydrogen (secondary N) is 1. The van der Waals surface area contributed by atoms with Gasteiger partial charge in [0, 0.05) is 12.8 Å². The molecule has 1 N–H and O–H groups in total. The third-order valence-corrected chi connectivity index (χ3v) is 4.35. The molecule has 1 aliphatic heterocycles. The molecule has 0 saturated carbocycles. The summed E-state index contributed by atoms with van der Waals surface area (Å²) in [6.07, 6.45) is 0. The van der Waals surface area contributed by atoms with Crippen LogP contribution in [0.5, 0.6) is 0 Å². The second kappa shape index (κ2) is 7.54. The monoisotopic (exact) mass is 350 g/mol. The summed E-state index contributed by atoms with van der Waals surface area (Å²) in [6, 6.07) is 15.3. The lowest BCUT2D eigenvalue weighted by Gasteiger charge is -2.14. The molecule has 0 aliphatic carbocycles. The molecule has 1 heterocycles. The zero-order valence-corrected chi connectivity index (χ0v) is 15.2. The molecule has 0 radical (unpaired) electrons. The van der Waals surface area contributed by atoms with Crippen molar-refractivity contribution in [3.05, 3.63) is 70.9 Å². The predicted octanol–water partition coefficient (Wildman–Crippen LogP) is 3.14. The summed E-state index contributed by atoms with van der Waals surface area (Å²) in [7, 11) is 1.55. The van der Waals surface area contributed by atoms with Gasteiger partial charge in [0.2, 0.25) is 0 Å². The second-order valence-corrected chi connectivity index (χ2v) is 6.36. The number of carbonyl (C=O) groups is 2. The van der Waals surface area contributed by atoms with Gasteiger partial charge in [0.15, 0.2) is 0 Å². The van der Waals surface area contributed by atoms with Crippen LogP contribution in [0.4, 0.5) is 5.69 Å². The standard InChI is InChI=1S/C21H22N2O3/c1-14-4-8-16(9-5-14)18-19(22-17-10-6-15(2)7-11-17)21(25)23(20(18)24)12-13-26-3/h4-11,22H,12-13H2,1-3H3. The van der Waals surface area contributed by atoms with Crippen molar-refractivity contribution in [1.82, 2.24) is 4.90 Å². The number of imide groups is 1. The number of nitrogens with zero attached hydrogens (tertiary/aromatic N) is 1. The molecule has 134 valence electrons. The maximum atomic E-state index is 12.9. The summed E-state index contributed by atoms with van der Waals surface area (Å²) >= 11 is 0. The van der Waals surface area contributed by atoms with Crippen molar-refractivity contribution in [1.29, 1.82) is 0 Å². The lowest BCUT2D eigenvalue weighted by Crippen LogP contribution is -2.35. The third kappa shape index (κ3) is 3.53. The summed E-state index contributed by atoms with van der Waals surface area (Å²) in [5, 5.41) is 3.14. The summed E-state index contributed by atoms with van der Waals surface area (Å²) in [5.74, 6) is -0.631. The Kier molecular flexibility index (Phi) is 5.19. The number of hydrogen-bond donors (Lipinski definition) is 1. The van der Waals surface area contributed by atoms with E-state index in [1.165, 1.54) is 4.90 Å². The Labute approximate surface area is 153 Å². The molecule has 5 nitrogen and oxygen atoms in total. The fourth-order valence-corrected chi connectivity index (χ4v) is 2.85. The van der Waals surface area contributed by atoms with E-state index in [1.54, 1.807) is 7.11 Å². The molecule has 2 amide bonds. The molecular formula is C21H22N2O3. The molecule has 26 heavy (non-hydrogen) atoms. The van der Waals surface area contributed by atoms with E-state index in [2.05, 4.69) is 5.32 Å². The van der Waals surface area contributed by atoms with Gasteiger partial charge in [0.05, 0.1) is 18.7 Å². The Hall–Kier alpha value is -2.92. The number of ether oxygens (including phenoxy) is 1. The second-order valence-electron chi connectivity index (χ2n) is 6.36. The Morgan fingerprint density at radius 1 is 0.885 bits per heavy atom. The van der Waals surface area contributed by atoms with Gasteiger partial charge in [-0.25, -0.2) is 0 Å². The maximum absolute atomic E-state index is 12.9. The van der Waals surface area contributed by atoms with Crippen molar-refractivity contribution in [2.75, 3.05) is 25.6 Å². The highest BCUT2D eigenvalue weighted by Gasteiger charge is 2.38. The van der Waals surface area contributed by atoms with Crippen molar-refractivity contribution >= 4 is 23.1 Å². The molecule has 0 aromatic heterocycles. The van der Waals surface area contributed by atoms with Gasteiger partial charge in [-0.1, -0.05) is 47.5 Å². The van der Waals surface area contributed by atoms with Crippen LogP contribution in [0.1, 0.15) is 16.7 Å². The van der Waals surface area contributed by atoms with Crippen LogP contribution in [0.15, 0.2) is 54.2 Å². The van der Waals surface area contributed by atoms with Crippen molar-refractivity contribution in [2.24, 2.45) is 0 Å². The zero-order chi connectivity index (χ0) is 18.7. The highest BCUT2D eigenvalue weighted by molar-refractivity contribution is 6.36. The number of carbonyl (C=O) groups excluding carboxylic acids is 2. The zero-order valence-electron chi connectivity index (χ0n) is 15.2. The van der Waals surface area contributed by atoms with Crippen LogP contribution >= 0.6 is 0 Å². The molecule has 0 bridgehead atoms. The Morgan fingerprint density at radius 3 is 2.04 bits per heavy atom. The van der Waals surface area contributed by atoms with Gasteiger partial charge in [0.1, 0.15) is 5.70 Å². The molecule has 2 aromatic carbocycles. The average molecular weight is 350 g/mol. The first-order chi connectivity index (χ1) is 12.5. The fourth-order valence-electron chi connectivity index (χ4n) is 2.85. The lowest BCUT2D eigenvalue weighted by molar-refractivity contribution is -0.137. The number of benzene rings is 2. The number of anilines is 1. The summed E-state index contributed by atoms with van der Waals surface area (Å²) in [6.45, 7) is 4.51. The minimum absolute atomic E-state index is 0.225. The first-order valence-corrected chi connectivity index (χ1v) is 8.51. The van der Waals surface area contributed by atoms with Crippen LogP contribution < -0.4 is 5.32 Å². The maximum Gasteiger partial charge on any atom is 0.278 e. The molecule has 0 unspecified atom stereocenters. The fraction of sp³-hybridized carbons (Fsp3) is 0.238. The van der Waals surface area contributed by atoms with Gasteiger partial charge < -0.3 is 10.1 Å². The number of hydrogen-bond acceptors (Lipinski definition) is 4. The van der Waals surface area contributed by atoms with E-state index in [1.807, 2.05) is 62.4 Å². The normalized spacial score (nSPS) is 14.3. The van der Waals surface area contributed by atoms with Gasteiger partial charge >= 0.3 is 0 Å². The highest BCUT2D eigenvalue weighted by Crippen LogP contribution is 2.30. The SMILES string of the molecule is COCCN1C(=O)C(Nc2ccc(C)cc2)=C(c2ccc(C)cc2)C1=O. The van der Waals surface area contributed by atoms with Gasteiger partial charge in [-0.3, -0.25) is 14.5 Å². The van der Waals surface area contributed by atoms with Gasteiger partial charge in [-0.05, 0) is 31.5 Å². The van der Waals surface area contributed by atoms with E-state index >= 15 is 0 Å². The van der Waals surface area contributed by atoms with Crippen molar-refractivity contribution in [3.8, 4) is 0 Å². The van der Waals surface area contributed by atoms with Crippen molar-refractivity contribution < 1.29 is 14.3 Å². The Bertz CT molecular complexity index is 852. The molecule has 2 aromatic rings. The van der Waals surface area contributed by atoms with Crippen LogP contribution in [-0.2, 0) is 14.3 Å². The van der Waals surface area contributed by atoms with E-state index in [0.29, 0.717) is 17.9 Å². The summed E-state index contributed by atoms with van der Waals surface area (Å²) in [4.78, 5) is 27.0. The minimum Gasteiger partial charge on any atom is -0.383 e. The average Bonchev–Trinajstić information content (AvgIpc) is 2.86. The van der Waals surface area contributed by atoms with Gasteiger partial charge in [-0.15, -0.1) is 0 Å². The number of aryl methyl sites for hydroxylation is 2. The molecule has 0 fully saturated rings. The summed E-state index contributed by atoms with van der Waals surface area (Å²) < 4.78 is 5.04. The smallest absolute Gasteiger partial charge is 0.278 e. The van der Waals surface area contributed by atoms with Crippen LogP contribution in [0, 0.1) is 13.8 Å². The van der Waals surface area contributed by atoms with Crippen molar-refractivity contribution in [3.63, 3.8) is 0 Å². The molecular weight excluding hydrogens is 328 g/mol. The number of methoxy groups -OCH3 is 1. The quantitative estimate of drug-likeness (QED) is 0.813. The topological polar surface area (TPSA) is 58.6 Å². The minimum atomic E-state index is -0.330. The number of amides is 2. The molecule has 0 spiro atoms. The first-order valence-electron chi connectivity index (χ1n) is 8.51.